The maximum Gasteiger partial charge on any atom is 0.361 e. The van der Waals surface area contributed by atoms with Crippen molar-refractivity contribution in [3.05, 3.63) is 73.2 Å². The number of aromatic amines is 2. The minimum Gasteiger partial charge on any atom is -0.508 e. The Morgan fingerprint density at radius 2 is 1.45 bits per heavy atom. The van der Waals surface area contributed by atoms with E-state index in [9.17, 15) is 14.7 Å². The van der Waals surface area contributed by atoms with E-state index in [1.807, 2.05) is 0 Å². The smallest absolute Gasteiger partial charge is 0.361 e. The van der Waals surface area contributed by atoms with E-state index in [0.29, 0.717) is 17.0 Å². The highest BCUT2D eigenvalue weighted by Gasteiger charge is 2.31. The third kappa shape index (κ3) is 2.07. The first-order chi connectivity index (χ1) is 10.5. The number of hydrogen-bond donors (Lipinski definition) is 3. The van der Waals surface area contributed by atoms with Gasteiger partial charge in [0.2, 0.25) is 0 Å². The lowest BCUT2D eigenvalue weighted by atomic mass is 9.85. The molecule has 0 aliphatic carbocycles. The first-order valence-electron chi connectivity index (χ1n) is 6.64. The van der Waals surface area contributed by atoms with Gasteiger partial charge in [-0.1, -0.05) is 18.2 Å². The van der Waals surface area contributed by atoms with Crippen LogP contribution in [0.15, 0.2) is 42.9 Å². The average molecular weight is 302 g/mol. The van der Waals surface area contributed by atoms with Gasteiger partial charge < -0.3 is 14.2 Å². The molecule has 0 spiro atoms. The molecule has 0 saturated heterocycles. The summed E-state index contributed by atoms with van der Waals surface area (Å²) in [5, 5.41) is 15.1. The third-order valence-corrected chi connectivity index (χ3v) is 3.67. The molecule has 114 valence electrons. The van der Waals surface area contributed by atoms with Crippen LogP contribution < -0.4 is 11.3 Å². The summed E-state index contributed by atoms with van der Waals surface area (Å²) in [6.45, 7) is 3.33. The zero-order valence-electron chi connectivity index (χ0n) is 12.0. The Bertz CT molecular complexity index is 874. The van der Waals surface area contributed by atoms with Gasteiger partial charge in [-0.15, -0.1) is 0 Å². The highest BCUT2D eigenvalue weighted by Crippen LogP contribution is 2.35. The molecule has 0 bridgehead atoms. The number of H-pyrrole nitrogens is 2. The van der Waals surface area contributed by atoms with E-state index in [1.54, 1.807) is 32.0 Å². The van der Waals surface area contributed by atoms with Crippen molar-refractivity contribution in [2.75, 3.05) is 0 Å². The van der Waals surface area contributed by atoms with Crippen molar-refractivity contribution < 1.29 is 14.2 Å². The molecule has 0 atom stereocenters. The molecule has 2 aromatic heterocycles. The largest absolute Gasteiger partial charge is 0.508 e. The summed E-state index contributed by atoms with van der Waals surface area (Å²) in [5.41, 5.74) is 0.730. The van der Waals surface area contributed by atoms with E-state index in [0.717, 1.165) is 0 Å². The molecule has 0 amide bonds. The van der Waals surface area contributed by atoms with Gasteiger partial charge in [-0.05, 0) is 19.9 Å². The van der Waals surface area contributed by atoms with Crippen LogP contribution in [-0.2, 0) is 0 Å². The molecule has 7 nitrogen and oxygen atoms in total. The van der Waals surface area contributed by atoms with Crippen molar-refractivity contribution in [1.29, 1.82) is 0 Å². The van der Waals surface area contributed by atoms with Crippen molar-refractivity contribution in [1.82, 2.24) is 10.3 Å². The Labute approximate surface area is 124 Å². The van der Waals surface area contributed by atoms with E-state index in [-0.39, 0.29) is 16.9 Å². The molecule has 2 heterocycles. The number of rotatable bonds is 3. The van der Waals surface area contributed by atoms with Crippen LogP contribution in [-0.4, -0.2) is 15.4 Å². The Morgan fingerprint density at radius 3 is 1.86 bits per heavy atom. The van der Waals surface area contributed by atoms with Gasteiger partial charge in [-0.25, -0.2) is 19.9 Å². The summed E-state index contributed by atoms with van der Waals surface area (Å²) >= 11 is 0. The Hall–Kier alpha value is -2.96. The highest BCUT2D eigenvalue weighted by molar-refractivity contribution is 5.49. The van der Waals surface area contributed by atoms with Gasteiger partial charge in [0.05, 0.1) is 28.4 Å². The van der Waals surface area contributed by atoms with E-state index in [2.05, 4.69) is 10.3 Å². The SMILES string of the molecule is Cc1[nH]oc(=O)c1C(c1ccccc1O)c1c(C)[nH]oc1=O. The van der Waals surface area contributed by atoms with Crippen molar-refractivity contribution in [2.45, 2.75) is 19.8 Å². The zero-order valence-corrected chi connectivity index (χ0v) is 12.0. The molecule has 3 N–H and O–H groups in total. The number of nitrogens with one attached hydrogen (secondary N) is 2. The van der Waals surface area contributed by atoms with Gasteiger partial charge >= 0.3 is 11.3 Å². The summed E-state index contributed by atoms with van der Waals surface area (Å²) in [4.78, 5) is 24.1. The molecular formula is C15H14N2O5. The fraction of sp³-hybridized carbons (Fsp3) is 0.200. The van der Waals surface area contributed by atoms with Crippen molar-refractivity contribution in [3.63, 3.8) is 0 Å². The van der Waals surface area contributed by atoms with Crippen LogP contribution in [0, 0.1) is 13.8 Å². The molecule has 1 aromatic carbocycles. The monoisotopic (exact) mass is 302 g/mol. The van der Waals surface area contributed by atoms with Gasteiger partial charge in [-0.3, -0.25) is 0 Å². The maximum atomic E-state index is 12.1. The summed E-state index contributed by atoms with van der Waals surface area (Å²) in [5.74, 6) is -0.807. The molecule has 0 unspecified atom stereocenters. The fourth-order valence-corrected chi connectivity index (χ4v) is 2.63. The van der Waals surface area contributed by atoms with Crippen LogP contribution in [0.2, 0.25) is 0 Å². The number of hydrogen-bond acceptors (Lipinski definition) is 5. The number of aromatic hydroxyl groups is 1. The van der Waals surface area contributed by atoms with E-state index >= 15 is 0 Å². The Kier molecular flexibility index (Phi) is 3.25. The van der Waals surface area contributed by atoms with Gasteiger partial charge in [-0.2, -0.15) is 0 Å². The number of aromatic nitrogens is 2. The van der Waals surface area contributed by atoms with Gasteiger partial charge in [0.25, 0.3) is 0 Å². The summed E-state index contributed by atoms with van der Waals surface area (Å²) < 4.78 is 9.62. The van der Waals surface area contributed by atoms with Gasteiger partial charge in [0.15, 0.2) is 0 Å². The first-order valence-corrected chi connectivity index (χ1v) is 6.64. The van der Waals surface area contributed by atoms with Crippen molar-refractivity contribution >= 4 is 0 Å². The molecule has 0 radical (unpaired) electrons. The summed E-state index contributed by atoms with van der Waals surface area (Å²) in [6, 6.07) is 6.53. The number of phenolic OH excluding ortho intramolecular Hbond substituents is 1. The molecule has 7 heteroatoms. The van der Waals surface area contributed by atoms with Crippen molar-refractivity contribution in [3.8, 4) is 5.75 Å². The van der Waals surface area contributed by atoms with E-state index < -0.39 is 17.2 Å². The van der Waals surface area contributed by atoms with E-state index in [1.165, 1.54) is 6.07 Å². The Morgan fingerprint density at radius 1 is 0.955 bits per heavy atom. The van der Waals surface area contributed by atoms with Crippen LogP contribution in [0.5, 0.6) is 5.75 Å². The molecule has 0 fully saturated rings. The number of para-hydroxylation sites is 1. The minimum absolute atomic E-state index is 0.0208. The second-order valence-electron chi connectivity index (χ2n) is 5.05. The average Bonchev–Trinajstić information content (AvgIpc) is 2.99. The quantitative estimate of drug-likeness (QED) is 0.682. The van der Waals surface area contributed by atoms with Crippen LogP contribution in [0.3, 0.4) is 0 Å². The lowest BCUT2D eigenvalue weighted by molar-refractivity contribution is 0.384. The second kappa shape index (κ2) is 5.10. The van der Waals surface area contributed by atoms with Crippen LogP contribution in [0.25, 0.3) is 0 Å². The molecule has 3 aromatic rings. The molecule has 3 rings (SSSR count). The van der Waals surface area contributed by atoms with Crippen molar-refractivity contribution in [2.24, 2.45) is 0 Å². The normalized spacial score (nSPS) is 11.2. The second-order valence-corrected chi connectivity index (χ2v) is 5.05. The first kappa shape index (κ1) is 14.0. The Balaban J connectivity index is 2.36. The number of phenols is 1. The lowest BCUT2D eigenvalue weighted by Crippen LogP contribution is -2.18. The molecule has 22 heavy (non-hydrogen) atoms. The number of aryl methyl sites for hydroxylation is 2. The zero-order chi connectivity index (χ0) is 15.9. The minimum atomic E-state index is -0.786. The van der Waals surface area contributed by atoms with Crippen LogP contribution in [0.1, 0.15) is 34.0 Å². The van der Waals surface area contributed by atoms with Crippen LogP contribution in [0.4, 0.5) is 0 Å². The fourth-order valence-electron chi connectivity index (χ4n) is 2.63. The van der Waals surface area contributed by atoms with E-state index in [4.69, 9.17) is 9.05 Å². The predicted molar refractivity (Wildman–Crippen MR) is 77.2 cm³/mol. The standard InChI is InChI=1S/C15H14N2O5/c1-7-11(14(19)21-16-7)13(9-5-3-4-6-10(9)18)12-8(2)17-22-15(12)20/h3-6,13,16-18H,1-2H3. The molecule has 0 aliphatic rings. The summed E-state index contributed by atoms with van der Waals surface area (Å²) in [6.07, 6.45) is 0. The lowest BCUT2D eigenvalue weighted by Gasteiger charge is -2.15. The molecule has 0 saturated carbocycles. The van der Waals surface area contributed by atoms with Crippen LogP contribution >= 0.6 is 0 Å². The highest BCUT2D eigenvalue weighted by atomic mass is 16.5. The third-order valence-electron chi connectivity index (χ3n) is 3.67. The summed E-state index contributed by atoms with van der Waals surface area (Å²) in [7, 11) is 0. The maximum absolute atomic E-state index is 12.1. The predicted octanol–water partition coefficient (Wildman–Crippen LogP) is 1.75. The molecular weight excluding hydrogens is 288 g/mol. The topological polar surface area (TPSA) is 112 Å². The number of benzene rings is 1. The van der Waals surface area contributed by atoms with Gasteiger partial charge in [0.1, 0.15) is 5.75 Å². The molecule has 0 aliphatic heterocycles. The van der Waals surface area contributed by atoms with Gasteiger partial charge in [0, 0.05) is 5.56 Å².